The average Bonchev–Trinajstić information content (AvgIpc) is 2.33. The van der Waals surface area contributed by atoms with Gasteiger partial charge < -0.3 is 16.0 Å². The Morgan fingerprint density at radius 3 is 1.76 bits per heavy atom. The van der Waals surface area contributed by atoms with Crippen molar-refractivity contribution in [3.8, 4) is 0 Å². The Hall–Kier alpha value is -2.16. The van der Waals surface area contributed by atoms with E-state index in [1.165, 1.54) is 5.69 Å². The van der Waals surface area contributed by atoms with Crippen molar-refractivity contribution in [2.24, 2.45) is 0 Å². The molecule has 0 atom stereocenters. The van der Waals surface area contributed by atoms with Gasteiger partial charge in [-0.1, -0.05) is 0 Å². The van der Waals surface area contributed by atoms with E-state index in [2.05, 4.69) is 34.5 Å². The van der Waals surface area contributed by atoms with Gasteiger partial charge in [0.15, 0.2) is 0 Å². The molecule has 0 aliphatic heterocycles. The van der Waals surface area contributed by atoms with Crippen LogP contribution in [-0.4, -0.2) is 14.1 Å². The Bertz CT molecular complexity index is 472. The fourth-order valence-electron chi connectivity index (χ4n) is 1.58. The molecule has 17 heavy (non-hydrogen) atoms. The fourth-order valence-corrected chi connectivity index (χ4v) is 1.58. The second-order valence-electron chi connectivity index (χ2n) is 4.19. The third-order valence-electron chi connectivity index (χ3n) is 2.58. The Kier molecular flexibility index (Phi) is 3.19. The number of rotatable bonds is 3. The zero-order valence-corrected chi connectivity index (χ0v) is 10.1. The normalized spacial score (nSPS) is 10.0. The molecule has 0 saturated carbocycles. The molecule has 0 fully saturated rings. The van der Waals surface area contributed by atoms with Gasteiger partial charge >= 0.3 is 0 Å². The minimum Gasteiger partial charge on any atom is -0.399 e. The van der Waals surface area contributed by atoms with Crippen molar-refractivity contribution in [3.05, 3.63) is 48.5 Å². The third kappa shape index (κ3) is 2.91. The van der Waals surface area contributed by atoms with E-state index in [1.54, 1.807) is 0 Å². The molecule has 0 radical (unpaired) electrons. The molecule has 2 aromatic rings. The van der Waals surface area contributed by atoms with Crippen LogP contribution >= 0.6 is 0 Å². The van der Waals surface area contributed by atoms with E-state index in [9.17, 15) is 0 Å². The highest BCUT2D eigenvalue weighted by Gasteiger charge is 1.97. The number of nitrogens with two attached hydrogens (primary N) is 1. The van der Waals surface area contributed by atoms with Gasteiger partial charge in [0.1, 0.15) is 0 Å². The summed E-state index contributed by atoms with van der Waals surface area (Å²) in [5.74, 6) is 0. The summed E-state index contributed by atoms with van der Waals surface area (Å²) in [4.78, 5) is 2.08. The first-order chi connectivity index (χ1) is 8.15. The summed E-state index contributed by atoms with van der Waals surface area (Å²) in [6.45, 7) is 0. The number of nitrogens with zero attached hydrogens (tertiary/aromatic N) is 1. The van der Waals surface area contributed by atoms with Crippen molar-refractivity contribution in [2.75, 3.05) is 30.0 Å². The Morgan fingerprint density at radius 2 is 1.29 bits per heavy atom. The van der Waals surface area contributed by atoms with E-state index in [0.29, 0.717) is 0 Å². The number of nitrogens with one attached hydrogen (secondary N) is 1. The Balaban J connectivity index is 2.11. The summed E-state index contributed by atoms with van der Waals surface area (Å²) in [5.41, 5.74) is 9.71. The number of benzene rings is 2. The van der Waals surface area contributed by atoms with Gasteiger partial charge in [-0.15, -0.1) is 0 Å². The maximum absolute atomic E-state index is 5.64. The van der Waals surface area contributed by atoms with Crippen LogP contribution in [0.4, 0.5) is 22.7 Å². The predicted octanol–water partition coefficient (Wildman–Crippen LogP) is 3.08. The molecule has 0 amide bonds. The van der Waals surface area contributed by atoms with Gasteiger partial charge in [0, 0.05) is 36.8 Å². The maximum atomic E-state index is 5.64. The molecule has 0 unspecified atom stereocenters. The standard InChI is InChI=1S/C14H17N3/c1-17(2)14-9-7-13(8-10-14)16-12-5-3-11(15)4-6-12/h3-10,16H,15H2,1-2H3. The predicted molar refractivity (Wildman–Crippen MR) is 74.9 cm³/mol. The summed E-state index contributed by atoms with van der Waals surface area (Å²) in [6.07, 6.45) is 0. The summed E-state index contributed by atoms with van der Waals surface area (Å²) >= 11 is 0. The SMILES string of the molecule is CN(C)c1ccc(Nc2ccc(N)cc2)cc1. The molecule has 0 aliphatic carbocycles. The summed E-state index contributed by atoms with van der Waals surface area (Å²) in [6, 6.07) is 16.0. The van der Waals surface area contributed by atoms with E-state index >= 15 is 0 Å². The van der Waals surface area contributed by atoms with E-state index in [0.717, 1.165) is 17.1 Å². The Morgan fingerprint density at radius 1 is 0.824 bits per heavy atom. The van der Waals surface area contributed by atoms with E-state index < -0.39 is 0 Å². The van der Waals surface area contributed by atoms with Crippen LogP contribution in [-0.2, 0) is 0 Å². The quantitative estimate of drug-likeness (QED) is 0.792. The molecule has 0 heterocycles. The minimum absolute atomic E-state index is 0.776. The molecule has 3 N–H and O–H groups in total. The highest BCUT2D eigenvalue weighted by atomic mass is 15.1. The van der Waals surface area contributed by atoms with Gasteiger partial charge in [-0.25, -0.2) is 0 Å². The highest BCUT2D eigenvalue weighted by Crippen LogP contribution is 2.20. The molecule has 88 valence electrons. The lowest BCUT2D eigenvalue weighted by molar-refractivity contribution is 1.13. The molecule has 2 aromatic carbocycles. The van der Waals surface area contributed by atoms with Crippen molar-refractivity contribution in [1.82, 2.24) is 0 Å². The first-order valence-corrected chi connectivity index (χ1v) is 5.55. The summed E-state index contributed by atoms with van der Waals surface area (Å²) in [5, 5.41) is 3.32. The van der Waals surface area contributed by atoms with E-state index in [1.807, 2.05) is 38.4 Å². The van der Waals surface area contributed by atoms with E-state index in [4.69, 9.17) is 5.73 Å². The van der Waals surface area contributed by atoms with Crippen LogP contribution in [0.5, 0.6) is 0 Å². The van der Waals surface area contributed by atoms with Crippen LogP contribution in [0.3, 0.4) is 0 Å². The molecule has 0 saturated heterocycles. The highest BCUT2D eigenvalue weighted by molar-refractivity contribution is 5.64. The molecule has 0 spiro atoms. The molecule has 0 bridgehead atoms. The van der Waals surface area contributed by atoms with Crippen molar-refractivity contribution in [3.63, 3.8) is 0 Å². The lowest BCUT2D eigenvalue weighted by Crippen LogP contribution is -2.08. The van der Waals surface area contributed by atoms with Crippen molar-refractivity contribution >= 4 is 22.7 Å². The number of nitrogen functional groups attached to an aromatic ring is 1. The molecule has 0 aromatic heterocycles. The molecule has 3 heteroatoms. The lowest BCUT2D eigenvalue weighted by atomic mass is 10.2. The average molecular weight is 227 g/mol. The molecule has 3 nitrogen and oxygen atoms in total. The van der Waals surface area contributed by atoms with Crippen LogP contribution in [0.1, 0.15) is 0 Å². The number of hydrogen-bond donors (Lipinski definition) is 2. The van der Waals surface area contributed by atoms with Crippen LogP contribution < -0.4 is 16.0 Å². The molecular formula is C14H17N3. The second-order valence-corrected chi connectivity index (χ2v) is 4.19. The molecule has 2 rings (SSSR count). The smallest absolute Gasteiger partial charge is 0.0385 e. The Labute approximate surface area is 102 Å². The van der Waals surface area contributed by atoms with Gasteiger partial charge in [0.25, 0.3) is 0 Å². The summed E-state index contributed by atoms with van der Waals surface area (Å²) in [7, 11) is 4.06. The monoisotopic (exact) mass is 227 g/mol. The van der Waals surface area contributed by atoms with Gasteiger partial charge in [0.2, 0.25) is 0 Å². The van der Waals surface area contributed by atoms with E-state index in [-0.39, 0.29) is 0 Å². The second kappa shape index (κ2) is 4.78. The van der Waals surface area contributed by atoms with Crippen LogP contribution in [0.15, 0.2) is 48.5 Å². The first-order valence-electron chi connectivity index (χ1n) is 5.55. The van der Waals surface area contributed by atoms with Gasteiger partial charge in [0.05, 0.1) is 0 Å². The van der Waals surface area contributed by atoms with Crippen LogP contribution in [0, 0.1) is 0 Å². The summed E-state index contributed by atoms with van der Waals surface area (Å²) < 4.78 is 0. The lowest BCUT2D eigenvalue weighted by Gasteiger charge is -2.13. The van der Waals surface area contributed by atoms with Crippen LogP contribution in [0.25, 0.3) is 0 Å². The number of hydrogen-bond acceptors (Lipinski definition) is 3. The van der Waals surface area contributed by atoms with Gasteiger partial charge in [-0.2, -0.15) is 0 Å². The zero-order chi connectivity index (χ0) is 12.3. The van der Waals surface area contributed by atoms with Crippen molar-refractivity contribution < 1.29 is 0 Å². The van der Waals surface area contributed by atoms with Crippen LogP contribution in [0.2, 0.25) is 0 Å². The van der Waals surface area contributed by atoms with Gasteiger partial charge in [-0.05, 0) is 48.5 Å². The molecular weight excluding hydrogens is 210 g/mol. The topological polar surface area (TPSA) is 41.3 Å². The maximum Gasteiger partial charge on any atom is 0.0385 e. The fraction of sp³-hybridized carbons (Fsp3) is 0.143. The van der Waals surface area contributed by atoms with Crippen molar-refractivity contribution in [1.29, 1.82) is 0 Å². The minimum atomic E-state index is 0.776. The zero-order valence-electron chi connectivity index (χ0n) is 10.1. The number of anilines is 4. The van der Waals surface area contributed by atoms with Gasteiger partial charge in [-0.3, -0.25) is 0 Å². The van der Waals surface area contributed by atoms with Crippen molar-refractivity contribution in [2.45, 2.75) is 0 Å². The third-order valence-corrected chi connectivity index (χ3v) is 2.58. The molecule has 0 aliphatic rings. The largest absolute Gasteiger partial charge is 0.399 e. The first kappa shape index (κ1) is 11.3.